The second-order valence-corrected chi connectivity index (χ2v) is 5.30. The summed E-state index contributed by atoms with van der Waals surface area (Å²) in [5, 5.41) is 11.9. The van der Waals surface area contributed by atoms with Gasteiger partial charge in [0, 0.05) is 0 Å². The Bertz CT molecular complexity index is 270. The Balaban J connectivity index is 4.45. The first-order chi connectivity index (χ1) is 7.67. The van der Waals surface area contributed by atoms with Crippen LogP contribution in [-0.4, -0.2) is 35.7 Å². The van der Waals surface area contributed by atoms with Crippen LogP contribution >= 0.6 is 0 Å². The largest absolute Gasteiger partial charge is 0.480 e. The van der Waals surface area contributed by atoms with Crippen molar-refractivity contribution in [2.75, 3.05) is 6.61 Å². The SMILES string of the molecule is CCOC(=O)[C@@H](C)N[C@@H](CC(C)(C)C)C(=O)O. The highest BCUT2D eigenvalue weighted by Crippen LogP contribution is 2.21. The molecular formula is C12H23NO4. The summed E-state index contributed by atoms with van der Waals surface area (Å²) >= 11 is 0. The number of carboxylic acid groups (broad SMARTS) is 1. The number of carboxylic acids is 1. The van der Waals surface area contributed by atoms with Crippen molar-refractivity contribution >= 4 is 11.9 Å². The number of carbonyl (C=O) groups excluding carboxylic acids is 1. The Hall–Kier alpha value is -1.10. The first-order valence-electron chi connectivity index (χ1n) is 5.83. The number of esters is 1. The highest BCUT2D eigenvalue weighted by atomic mass is 16.5. The van der Waals surface area contributed by atoms with Gasteiger partial charge in [0.25, 0.3) is 0 Å². The Labute approximate surface area is 103 Å². The van der Waals surface area contributed by atoms with Gasteiger partial charge in [0.1, 0.15) is 12.1 Å². The molecule has 0 rings (SSSR count). The zero-order valence-corrected chi connectivity index (χ0v) is 11.2. The average Bonchev–Trinajstić information content (AvgIpc) is 2.14. The maximum absolute atomic E-state index is 11.4. The van der Waals surface area contributed by atoms with Crippen molar-refractivity contribution in [1.82, 2.24) is 5.32 Å². The van der Waals surface area contributed by atoms with E-state index in [4.69, 9.17) is 9.84 Å². The molecule has 0 aromatic heterocycles. The summed E-state index contributed by atoms with van der Waals surface area (Å²) in [7, 11) is 0. The Kier molecular flexibility index (Phi) is 6.16. The van der Waals surface area contributed by atoms with E-state index in [1.165, 1.54) is 0 Å². The molecule has 100 valence electrons. The van der Waals surface area contributed by atoms with E-state index in [0.717, 1.165) is 0 Å². The van der Waals surface area contributed by atoms with Gasteiger partial charge in [-0.15, -0.1) is 0 Å². The van der Waals surface area contributed by atoms with E-state index in [2.05, 4.69) is 5.32 Å². The van der Waals surface area contributed by atoms with Crippen molar-refractivity contribution in [3.63, 3.8) is 0 Å². The molecule has 0 unspecified atom stereocenters. The van der Waals surface area contributed by atoms with E-state index in [9.17, 15) is 9.59 Å². The second kappa shape index (κ2) is 6.59. The fourth-order valence-electron chi connectivity index (χ4n) is 1.47. The van der Waals surface area contributed by atoms with E-state index in [1.807, 2.05) is 20.8 Å². The van der Waals surface area contributed by atoms with Gasteiger partial charge in [-0.2, -0.15) is 0 Å². The highest BCUT2D eigenvalue weighted by molar-refractivity contribution is 5.78. The number of ether oxygens (including phenoxy) is 1. The molecule has 5 nitrogen and oxygen atoms in total. The van der Waals surface area contributed by atoms with Crippen molar-refractivity contribution in [2.45, 2.75) is 53.1 Å². The van der Waals surface area contributed by atoms with Gasteiger partial charge < -0.3 is 9.84 Å². The van der Waals surface area contributed by atoms with Gasteiger partial charge in [0.2, 0.25) is 0 Å². The fourth-order valence-corrected chi connectivity index (χ4v) is 1.47. The van der Waals surface area contributed by atoms with Crippen LogP contribution in [0.2, 0.25) is 0 Å². The summed E-state index contributed by atoms with van der Waals surface area (Å²) < 4.78 is 4.82. The molecule has 0 radical (unpaired) electrons. The lowest BCUT2D eigenvalue weighted by atomic mass is 9.88. The zero-order valence-electron chi connectivity index (χ0n) is 11.2. The van der Waals surface area contributed by atoms with Crippen LogP contribution in [0.5, 0.6) is 0 Å². The van der Waals surface area contributed by atoms with Gasteiger partial charge in [-0.3, -0.25) is 14.9 Å². The summed E-state index contributed by atoms with van der Waals surface area (Å²) in [6.07, 6.45) is 0.450. The molecule has 0 aliphatic heterocycles. The van der Waals surface area contributed by atoms with Gasteiger partial charge in [0.15, 0.2) is 0 Å². The van der Waals surface area contributed by atoms with E-state index >= 15 is 0 Å². The first kappa shape index (κ1) is 15.9. The van der Waals surface area contributed by atoms with Crippen LogP contribution in [0.4, 0.5) is 0 Å². The summed E-state index contributed by atoms with van der Waals surface area (Å²) in [4.78, 5) is 22.5. The molecule has 0 saturated carbocycles. The molecule has 0 saturated heterocycles. The normalized spacial score (nSPS) is 15.1. The average molecular weight is 245 g/mol. The molecule has 0 amide bonds. The van der Waals surface area contributed by atoms with Gasteiger partial charge in [0.05, 0.1) is 6.61 Å². The number of aliphatic carboxylic acids is 1. The zero-order chi connectivity index (χ0) is 13.6. The molecular weight excluding hydrogens is 222 g/mol. The number of carbonyl (C=O) groups is 2. The van der Waals surface area contributed by atoms with Crippen LogP contribution < -0.4 is 5.32 Å². The summed E-state index contributed by atoms with van der Waals surface area (Å²) in [5.41, 5.74) is -0.121. The van der Waals surface area contributed by atoms with Crippen LogP contribution in [0.25, 0.3) is 0 Å². The lowest BCUT2D eigenvalue weighted by Gasteiger charge is -2.25. The van der Waals surface area contributed by atoms with Gasteiger partial charge in [-0.25, -0.2) is 0 Å². The third-order valence-electron chi connectivity index (χ3n) is 2.21. The Morgan fingerprint density at radius 2 is 1.88 bits per heavy atom. The van der Waals surface area contributed by atoms with E-state index in [1.54, 1.807) is 13.8 Å². The van der Waals surface area contributed by atoms with Gasteiger partial charge >= 0.3 is 11.9 Å². The molecule has 17 heavy (non-hydrogen) atoms. The third kappa shape index (κ3) is 6.94. The predicted molar refractivity (Wildman–Crippen MR) is 64.7 cm³/mol. The van der Waals surface area contributed by atoms with Crippen molar-refractivity contribution in [1.29, 1.82) is 0 Å². The smallest absolute Gasteiger partial charge is 0.322 e. The molecule has 0 aliphatic rings. The van der Waals surface area contributed by atoms with Gasteiger partial charge in [-0.05, 0) is 25.7 Å². The minimum Gasteiger partial charge on any atom is -0.480 e. The molecule has 0 bridgehead atoms. The lowest BCUT2D eigenvalue weighted by molar-refractivity contribution is -0.146. The first-order valence-corrected chi connectivity index (χ1v) is 5.83. The maximum Gasteiger partial charge on any atom is 0.322 e. The molecule has 2 atom stereocenters. The van der Waals surface area contributed by atoms with Crippen LogP contribution in [0, 0.1) is 5.41 Å². The van der Waals surface area contributed by atoms with Gasteiger partial charge in [-0.1, -0.05) is 20.8 Å². The topological polar surface area (TPSA) is 75.6 Å². The number of hydrogen-bond acceptors (Lipinski definition) is 4. The standard InChI is InChI=1S/C12H23NO4/c1-6-17-11(16)8(2)13-9(10(14)15)7-12(3,4)5/h8-9,13H,6-7H2,1-5H3,(H,14,15)/t8-,9+/m1/s1. The van der Waals surface area contributed by atoms with Crippen molar-refractivity contribution < 1.29 is 19.4 Å². The van der Waals surface area contributed by atoms with E-state index in [0.29, 0.717) is 13.0 Å². The number of rotatable bonds is 6. The highest BCUT2D eigenvalue weighted by Gasteiger charge is 2.27. The molecule has 0 fully saturated rings. The minimum atomic E-state index is -0.948. The summed E-state index contributed by atoms with van der Waals surface area (Å²) in [5.74, 6) is -1.37. The number of hydrogen-bond donors (Lipinski definition) is 2. The van der Waals surface area contributed by atoms with E-state index in [-0.39, 0.29) is 5.41 Å². The molecule has 5 heteroatoms. The van der Waals surface area contributed by atoms with Crippen molar-refractivity contribution in [3.05, 3.63) is 0 Å². The van der Waals surface area contributed by atoms with Crippen LogP contribution in [0.3, 0.4) is 0 Å². The summed E-state index contributed by atoms with van der Waals surface area (Å²) in [6, 6.07) is -1.35. The summed E-state index contributed by atoms with van der Waals surface area (Å²) in [6.45, 7) is 9.49. The molecule has 2 N–H and O–H groups in total. The van der Waals surface area contributed by atoms with Crippen molar-refractivity contribution in [3.8, 4) is 0 Å². The fraction of sp³-hybridized carbons (Fsp3) is 0.833. The quantitative estimate of drug-likeness (QED) is 0.692. The van der Waals surface area contributed by atoms with Crippen LogP contribution in [-0.2, 0) is 14.3 Å². The minimum absolute atomic E-state index is 0.121. The molecule has 0 aromatic carbocycles. The second-order valence-electron chi connectivity index (χ2n) is 5.30. The lowest BCUT2D eigenvalue weighted by Crippen LogP contribution is -2.47. The van der Waals surface area contributed by atoms with Crippen LogP contribution in [0.15, 0.2) is 0 Å². The number of nitrogens with one attached hydrogen (secondary N) is 1. The third-order valence-corrected chi connectivity index (χ3v) is 2.21. The van der Waals surface area contributed by atoms with E-state index < -0.39 is 24.0 Å². The molecule has 0 aliphatic carbocycles. The Morgan fingerprint density at radius 3 is 2.24 bits per heavy atom. The maximum atomic E-state index is 11.4. The van der Waals surface area contributed by atoms with Crippen LogP contribution in [0.1, 0.15) is 41.0 Å². The predicted octanol–water partition coefficient (Wildman–Crippen LogP) is 1.42. The monoisotopic (exact) mass is 245 g/mol. The molecule has 0 spiro atoms. The Morgan fingerprint density at radius 1 is 1.35 bits per heavy atom. The molecule has 0 heterocycles. The van der Waals surface area contributed by atoms with Crippen molar-refractivity contribution in [2.24, 2.45) is 5.41 Å². The molecule has 0 aromatic rings.